The molecule has 0 saturated carbocycles. The minimum absolute atomic E-state index is 0.0563. The molecule has 0 unspecified atom stereocenters. The van der Waals surface area contributed by atoms with E-state index in [2.05, 4.69) is 20.2 Å². The molecule has 3 aromatic rings. The van der Waals surface area contributed by atoms with Crippen LogP contribution >= 0.6 is 0 Å². The molecule has 0 aliphatic rings. The summed E-state index contributed by atoms with van der Waals surface area (Å²) >= 11 is 0. The maximum absolute atomic E-state index is 9.45. The van der Waals surface area contributed by atoms with E-state index in [0.29, 0.717) is 29.1 Å². The van der Waals surface area contributed by atoms with Crippen LogP contribution in [0.2, 0.25) is 0 Å². The van der Waals surface area contributed by atoms with E-state index in [0.717, 1.165) is 0 Å². The Morgan fingerprint density at radius 1 is 0.917 bits per heavy atom. The number of hydrogen-bond acceptors (Lipinski definition) is 9. The molecule has 2 N–H and O–H groups in total. The zero-order chi connectivity index (χ0) is 17.4. The average Bonchev–Trinajstić information content (AvgIpc) is 2.97. The van der Waals surface area contributed by atoms with Gasteiger partial charge in [0.2, 0.25) is 11.9 Å². The predicted octanol–water partition coefficient (Wildman–Crippen LogP) is 0.903. The number of anilines is 3. The molecule has 0 amide bonds. The maximum atomic E-state index is 9.45. The highest BCUT2D eigenvalue weighted by Gasteiger charge is 2.20. The van der Waals surface area contributed by atoms with Crippen LogP contribution in [0.4, 0.5) is 17.6 Å². The Kier molecular flexibility index (Phi) is 3.91. The maximum Gasteiger partial charge on any atom is 0.261 e. The molecule has 3 rings (SSSR count). The van der Waals surface area contributed by atoms with Crippen molar-refractivity contribution in [3.05, 3.63) is 24.3 Å². The van der Waals surface area contributed by atoms with Crippen LogP contribution < -0.4 is 15.0 Å². The Hall–Kier alpha value is -2.98. The lowest BCUT2D eigenvalue weighted by Gasteiger charge is -2.18. The molecule has 0 atom stereocenters. The molecule has 0 aliphatic heterocycles. The van der Waals surface area contributed by atoms with E-state index in [-0.39, 0.29) is 10.9 Å². The van der Waals surface area contributed by atoms with E-state index in [4.69, 9.17) is 0 Å². The normalized spacial score (nSPS) is 10.9. The van der Waals surface area contributed by atoms with Crippen molar-refractivity contribution < 1.29 is 10.4 Å². The Morgan fingerprint density at radius 3 is 2.25 bits per heavy atom. The highest BCUT2D eigenvalue weighted by atomic mass is 16.8. The quantitative estimate of drug-likeness (QED) is 0.675. The minimum atomic E-state index is 0.0563. The van der Waals surface area contributed by atoms with E-state index in [9.17, 15) is 10.4 Å². The topological polar surface area (TPSA) is 106 Å². The molecule has 0 saturated heterocycles. The van der Waals surface area contributed by atoms with Gasteiger partial charge in [-0.3, -0.25) is 10.4 Å². The second-order valence-corrected chi connectivity index (χ2v) is 5.58. The molecule has 0 radical (unpaired) electrons. The van der Waals surface area contributed by atoms with Gasteiger partial charge in [0.1, 0.15) is 5.69 Å². The summed E-state index contributed by atoms with van der Waals surface area (Å²) in [7, 11) is 7.38. The van der Waals surface area contributed by atoms with E-state index >= 15 is 0 Å². The first kappa shape index (κ1) is 15.9. The second-order valence-electron chi connectivity index (χ2n) is 5.58. The smallest absolute Gasteiger partial charge is 0.261 e. The van der Waals surface area contributed by atoms with Crippen molar-refractivity contribution in [2.45, 2.75) is 0 Å². The SMILES string of the molecule is CN(C)c1nc(N(C)C)n2c(-c3ccccc3N(O)O)nnc2n1. The fourth-order valence-electron chi connectivity index (χ4n) is 2.30. The monoisotopic (exact) mass is 330 g/mol. The zero-order valence-electron chi connectivity index (χ0n) is 13.8. The fraction of sp³-hybridized carbons (Fsp3) is 0.286. The van der Waals surface area contributed by atoms with Crippen LogP contribution in [0.15, 0.2) is 24.3 Å². The molecule has 0 spiro atoms. The van der Waals surface area contributed by atoms with Gasteiger partial charge in [0.25, 0.3) is 5.78 Å². The number of benzene rings is 1. The third kappa shape index (κ3) is 2.57. The summed E-state index contributed by atoms with van der Waals surface area (Å²) in [5, 5.41) is 27.2. The van der Waals surface area contributed by atoms with Crippen molar-refractivity contribution in [3.8, 4) is 11.4 Å². The summed E-state index contributed by atoms with van der Waals surface area (Å²) in [6, 6.07) is 6.73. The van der Waals surface area contributed by atoms with Gasteiger partial charge in [-0.15, -0.1) is 15.4 Å². The number of nitrogens with zero attached hydrogens (tertiary/aromatic N) is 8. The summed E-state index contributed by atoms with van der Waals surface area (Å²) in [5.41, 5.74) is 0.660. The van der Waals surface area contributed by atoms with Gasteiger partial charge >= 0.3 is 0 Å². The van der Waals surface area contributed by atoms with Crippen LogP contribution in [-0.2, 0) is 0 Å². The van der Waals surface area contributed by atoms with E-state index < -0.39 is 0 Å². The van der Waals surface area contributed by atoms with Crippen molar-refractivity contribution in [2.24, 2.45) is 0 Å². The molecule has 0 aliphatic carbocycles. The Bertz CT molecular complexity index is 874. The van der Waals surface area contributed by atoms with E-state index in [1.807, 2.05) is 33.1 Å². The van der Waals surface area contributed by atoms with Crippen LogP contribution in [0.5, 0.6) is 0 Å². The average molecular weight is 330 g/mol. The number of aromatic nitrogens is 5. The molecule has 1 aromatic carbocycles. The first-order valence-corrected chi connectivity index (χ1v) is 7.15. The molecular formula is C14H18N8O2. The number of para-hydroxylation sites is 1. The summed E-state index contributed by atoms with van der Waals surface area (Å²) < 4.78 is 1.66. The van der Waals surface area contributed by atoms with Gasteiger partial charge in [0, 0.05) is 33.8 Å². The van der Waals surface area contributed by atoms with E-state index in [1.165, 1.54) is 0 Å². The van der Waals surface area contributed by atoms with Crippen molar-refractivity contribution in [3.63, 3.8) is 0 Å². The van der Waals surface area contributed by atoms with Crippen molar-refractivity contribution in [2.75, 3.05) is 43.2 Å². The largest absolute Gasteiger partial charge is 0.348 e. The van der Waals surface area contributed by atoms with Crippen molar-refractivity contribution >= 4 is 23.4 Å². The number of rotatable bonds is 4. The minimum Gasteiger partial charge on any atom is -0.348 e. The summed E-state index contributed by atoms with van der Waals surface area (Å²) in [4.78, 5) is 12.5. The zero-order valence-corrected chi connectivity index (χ0v) is 13.8. The van der Waals surface area contributed by atoms with Crippen molar-refractivity contribution in [1.29, 1.82) is 0 Å². The van der Waals surface area contributed by atoms with Crippen LogP contribution in [-0.4, -0.2) is 63.2 Å². The summed E-state index contributed by atoms with van der Waals surface area (Å²) in [6.45, 7) is 0. The van der Waals surface area contributed by atoms with Crippen LogP contribution in [0.1, 0.15) is 0 Å². The highest BCUT2D eigenvalue weighted by Crippen LogP contribution is 2.30. The fourth-order valence-corrected chi connectivity index (χ4v) is 2.30. The number of hydrogen-bond donors (Lipinski definition) is 2. The second kappa shape index (κ2) is 5.91. The first-order chi connectivity index (χ1) is 11.4. The van der Waals surface area contributed by atoms with Gasteiger partial charge in [-0.1, -0.05) is 12.1 Å². The molecule has 126 valence electrons. The Morgan fingerprint density at radius 2 is 1.62 bits per heavy atom. The standard InChI is InChI=1S/C14H18N8O2/c1-19(2)12-15-13-18-17-11(21(13)14(16-12)20(3)4)9-7-5-6-8-10(9)22(23)24/h5-8,23-24H,1-4H3. The molecular weight excluding hydrogens is 312 g/mol. The van der Waals surface area contributed by atoms with Gasteiger partial charge in [-0.25, -0.2) is 4.40 Å². The van der Waals surface area contributed by atoms with Crippen molar-refractivity contribution in [1.82, 2.24) is 24.6 Å². The molecule has 10 heteroatoms. The number of fused-ring (bicyclic) bond motifs is 1. The van der Waals surface area contributed by atoms with Gasteiger partial charge in [-0.05, 0) is 12.1 Å². The van der Waals surface area contributed by atoms with Gasteiger partial charge in [0.05, 0.1) is 0 Å². The Balaban J connectivity index is 2.32. The van der Waals surface area contributed by atoms with E-state index in [1.54, 1.807) is 33.6 Å². The third-order valence-electron chi connectivity index (χ3n) is 3.41. The van der Waals surface area contributed by atoms with Crippen LogP contribution in [0.25, 0.3) is 17.2 Å². The van der Waals surface area contributed by atoms with Gasteiger partial charge in [-0.2, -0.15) is 9.97 Å². The third-order valence-corrected chi connectivity index (χ3v) is 3.41. The summed E-state index contributed by atoms with van der Waals surface area (Å²) in [5.74, 6) is 1.85. The summed E-state index contributed by atoms with van der Waals surface area (Å²) in [6.07, 6.45) is 0. The molecule has 0 bridgehead atoms. The molecule has 10 nitrogen and oxygen atoms in total. The molecule has 2 aromatic heterocycles. The molecule has 2 heterocycles. The Labute approximate surface area is 138 Å². The lowest BCUT2D eigenvalue weighted by Crippen LogP contribution is -2.20. The van der Waals surface area contributed by atoms with Crippen LogP contribution in [0.3, 0.4) is 0 Å². The molecule has 0 fully saturated rings. The first-order valence-electron chi connectivity index (χ1n) is 7.15. The highest BCUT2D eigenvalue weighted by molar-refractivity contribution is 5.75. The predicted molar refractivity (Wildman–Crippen MR) is 88.7 cm³/mol. The lowest BCUT2D eigenvalue weighted by atomic mass is 10.1. The van der Waals surface area contributed by atoms with Gasteiger partial charge < -0.3 is 9.80 Å². The van der Waals surface area contributed by atoms with Gasteiger partial charge in [0.15, 0.2) is 5.82 Å². The van der Waals surface area contributed by atoms with Crippen LogP contribution in [0, 0.1) is 0 Å². The molecule has 24 heavy (non-hydrogen) atoms. The lowest BCUT2D eigenvalue weighted by molar-refractivity contribution is 0.0294.